The van der Waals surface area contributed by atoms with Gasteiger partial charge in [-0.15, -0.1) is 17.7 Å². The Kier molecular flexibility index (Phi) is 5.38. The molecular weight excluding hydrogens is 333 g/mol. The number of aryl methyl sites for hydroxylation is 2. The second-order valence-corrected chi connectivity index (χ2v) is 4.77. The number of rotatable bonds is 2. The quantitative estimate of drug-likeness (QED) is 0.514. The molecule has 1 radical (unpaired) electrons. The maximum atomic E-state index is 4.10. The molecule has 2 heterocycles. The molecule has 0 aliphatic carbocycles. The second-order valence-electron chi connectivity index (χ2n) is 4.77. The Balaban J connectivity index is 0.00000161. The van der Waals surface area contributed by atoms with Crippen molar-refractivity contribution in [1.29, 1.82) is 0 Å². The van der Waals surface area contributed by atoms with Crippen LogP contribution in [0.4, 0.5) is 0 Å². The molecule has 2 aromatic heterocycles. The third-order valence-electron chi connectivity index (χ3n) is 3.39. The van der Waals surface area contributed by atoms with Gasteiger partial charge in [0.2, 0.25) is 0 Å². The van der Waals surface area contributed by atoms with Gasteiger partial charge in [0.05, 0.1) is 0 Å². The summed E-state index contributed by atoms with van der Waals surface area (Å²) in [5.74, 6) is 0. The van der Waals surface area contributed by atoms with E-state index in [0.29, 0.717) is 0 Å². The fourth-order valence-corrected chi connectivity index (χ4v) is 2.39. The van der Waals surface area contributed by atoms with E-state index in [4.69, 9.17) is 0 Å². The summed E-state index contributed by atoms with van der Waals surface area (Å²) in [5.41, 5.74) is 5.57. The van der Waals surface area contributed by atoms with Crippen LogP contribution in [0.2, 0.25) is 0 Å². The maximum Gasteiger partial charge on any atom is 0.168 e. The largest absolute Gasteiger partial charge is 0.371 e. The second kappa shape index (κ2) is 7.06. The summed E-state index contributed by atoms with van der Waals surface area (Å²) in [4.78, 5) is 4.10. The van der Waals surface area contributed by atoms with Gasteiger partial charge in [0.1, 0.15) is 7.05 Å². The van der Waals surface area contributed by atoms with E-state index in [9.17, 15) is 0 Å². The van der Waals surface area contributed by atoms with Gasteiger partial charge >= 0.3 is 0 Å². The Morgan fingerprint density at radius 3 is 2.67 bits per heavy atom. The molecule has 21 heavy (non-hydrogen) atoms. The standard InChI is InChI=1S/C18H15N2.Y/c1-14-7-5-9-16(15-8-6-11-19-13-15)18(14)17-10-3-4-12-20(17)2;/h3-8,10-12H,1-2H3;/q-1;. The van der Waals surface area contributed by atoms with E-state index >= 15 is 0 Å². The normalized spacial score (nSPS) is 10.0. The SMILES string of the molecule is Cc1cc[c-]c(-c2[c-]nccc2)c1-c1cccc[n+]1C.[Y]. The van der Waals surface area contributed by atoms with E-state index in [1.165, 1.54) is 11.1 Å². The van der Waals surface area contributed by atoms with Crippen molar-refractivity contribution in [1.82, 2.24) is 4.98 Å². The molecule has 3 rings (SSSR count). The monoisotopic (exact) mass is 348 g/mol. The van der Waals surface area contributed by atoms with Gasteiger partial charge in [0.25, 0.3) is 0 Å². The number of hydrogen-bond donors (Lipinski definition) is 0. The molecule has 0 saturated carbocycles. The van der Waals surface area contributed by atoms with Crippen molar-refractivity contribution in [3.8, 4) is 22.4 Å². The fraction of sp³-hybridized carbons (Fsp3) is 0.111. The van der Waals surface area contributed by atoms with E-state index in [2.05, 4.69) is 60.2 Å². The van der Waals surface area contributed by atoms with Crippen LogP contribution in [0.1, 0.15) is 5.56 Å². The minimum atomic E-state index is 0. The topological polar surface area (TPSA) is 16.8 Å². The van der Waals surface area contributed by atoms with Crippen molar-refractivity contribution >= 4 is 0 Å². The van der Waals surface area contributed by atoms with Crippen molar-refractivity contribution < 1.29 is 37.3 Å². The van der Waals surface area contributed by atoms with Crippen LogP contribution in [0.3, 0.4) is 0 Å². The number of benzene rings is 1. The Labute approximate surface area is 150 Å². The smallest absolute Gasteiger partial charge is 0.168 e. The molecule has 3 heteroatoms. The molecule has 0 fully saturated rings. The third kappa shape index (κ3) is 3.28. The average Bonchev–Trinajstić information content (AvgIpc) is 2.49. The predicted octanol–water partition coefficient (Wildman–Crippen LogP) is 3.15. The Morgan fingerprint density at radius 1 is 1.10 bits per heavy atom. The molecule has 0 atom stereocenters. The summed E-state index contributed by atoms with van der Waals surface area (Å²) < 4.78 is 2.12. The summed E-state index contributed by atoms with van der Waals surface area (Å²) in [6.45, 7) is 2.12. The molecule has 0 amide bonds. The van der Waals surface area contributed by atoms with Crippen LogP contribution in [-0.4, -0.2) is 4.98 Å². The van der Waals surface area contributed by atoms with E-state index in [0.717, 1.165) is 16.8 Å². The molecule has 0 spiro atoms. The Morgan fingerprint density at radius 2 is 1.95 bits per heavy atom. The first-order chi connectivity index (χ1) is 9.77. The zero-order chi connectivity index (χ0) is 13.9. The molecule has 1 aromatic carbocycles. The summed E-state index contributed by atoms with van der Waals surface area (Å²) in [6, 6.07) is 17.5. The number of nitrogens with zero attached hydrogens (tertiary/aromatic N) is 2. The van der Waals surface area contributed by atoms with Crippen LogP contribution in [-0.2, 0) is 39.8 Å². The summed E-state index contributed by atoms with van der Waals surface area (Å²) in [5, 5.41) is 0. The first-order valence-corrected chi connectivity index (χ1v) is 6.57. The van der Waals surface area contributed by atoms with Crippen molar-refractivity contribution in [2.75, 3.05) is 0 Å². The van der Waals surface area contributed by atoms with Gasteiger partial charge in [-0.25, -0.2) is 15.7 Å². The van der Waals surface area contributed by atoms with Crippen molar-refractivity contribution in [3.05, 3.63) is 72.7 Å². The molecule has 2 nitrogen and oxygen atoms in total. The van der Waals surface area contributed by atoms with E-state index in [1.807, 2.05) is 24.3 Å². The van der Waals surface area contributed by atoms with Gasteiger partial charge in [-0.05, 0) is 6.07 Å². The van der Waals surface area contributed by atoms with Gasteiger partial charge in [0, 0.05) is 38.8 Å². The van der Waals surface area contributed by atoms with Crippen LogP contribution in [0.15, 0.2) is 54.9 Å². The minimum absolute atomic E-state index is 0. The molecule has 0 bridgehead atoms. The fourth-order valence-electron chi connectivity index (χ4n) is 2.39. The summed E-state index contributed by atoms with van der Waals surface area (Å²) >= 11 is 0. The zero-order valence-corrected chi connectivity index (χ0v) is 15.0. The van der Waals surface area contributed by atoms with Gasteiger partial charge in [-0.3, -0.25) is 0 Å². The summed E-state index contributed by atoms with van der Waals surface area (Å²) in [7, 11) is 2.05. The van der Waals surface area contributed by atoms with Crippen molar-refractivity contribution in [3.63, 3.8) is 0 Å². The van der Waals surface area contributed by atoms with Crippen LogP contribution in [0, 0.1) is 19.2 Å². The van der Waals surface area contributed by atoms with Crippen LogP contribution >= 0.6 is 0 Å². The molecule has 101 valence electrons. The molecule has 0 aliphatic rings. The molecule has 3 aromatic rings. The van der Waals surface area contributed by atoms with E-state index in [-0.39, 0.29) is 32.7 Å². The van der Waals surface area contributed by atoms with E-state index in [1.54, 1.807) is 6.20 Å². The number of aromatic nitrogens is 2. The van der Waals surface area contributed by atoms with Crippen LogP contribution in [0.5, 0.6) is 0 Å². The van der Waals surface area contributed by atoms with Gasteiger partial charge in [-0.1, -0.05) is 30.9 Å². The van der Waals surface area contributed by atoms with Crippen LogP contribution < -0.4 is 4.57 Å². The van der Waals surface area contributed by atoms with Crippen molar-refractivity contribution in [2.24, 2.45) is 7.05 Å². The number of pyridine rings is 2. The Bertz CT molecular complexity index is 739. The average molecular weight is 348 g/mol. The maximum absolute atomic E-state index is 4.10. The number of hydrogen-bond acceptors (Lipinski definition) is 1. The zero-order valence-electron chi connectivity index (χ0n) is 12.2. The molecule has 0 N–H and O–H groups in total. The van der Waals surface area contributed by atoms with Crippen LogP contribution in [0.25, 0.3) is 22.4 Å². The van der Waals surface area contributed by atoms with Gasteiger partial charge in [-0.2, -0.15) is 18.2 Å². The molecular formula is C18H15N2Y-. The van der Waals surface area contributed by atoms with Gasteiger partial charge < -0.3 is 4.98 Å². The first-order valence-electron chi connectivity index (χ1n) is 6.57. The molecule has 0 unspecified atom stereocenters. The van der Waals surface area contributed by atoms with Crippen molar-refractivity contribution in [2.45, 2.75) is 6.92 Å². The van der Waals surface area contributed by atoms with E-state index < -0.39 is 0 Å². The third-order valence-corrected chi connectivity index (χ3v) is 3.39. The molecule has 0 aliphatic heterocycles. The summed E-state index contributed by atoms with van der Waals surface area (Å²) in [6.07, 6.45) is 6.84. The first kappa shape index (κ1) is 16.0. The minimum Gasteiger partial charge on any atom is -0.371 e. The predicted molar refractivity (Wildman–Crippen MR) is 78.7 cm³/mol. The molecule has 0 saturated heterocycles. The van der Waals surface area contributed by atoms with Gasteiger partial charge in [0.15, 0.2) is 11.9 Å². The Hall–Kier alpha value is -1.38.